The van der Waals surface area contributed by atoms with Crippen LogP contribution in [0.25, 0.3) is 0 Å². The van der Waals surface area contributed by atoms with Crippen LogP contribution in [0.4, 0.5) is 17.6 Å². The van der Waals surface area contributed by atoms with Gasteiger partial charge in [0, 0.05) is 26.0 Å². The fraction of sp³-hybridized carbons (Fsp3) is 0.238. The Morgan fingerprint density at radius 1 is 1.10 bits per heavy atom. The molecule has 2 aromatic carbocycles. The Kier molecular flexibility index (Phi) is 6.30. The molecule has 0 aliphatic heterocycles. The number of hydrogen-bond donors (Lipinski definition) is 2. The quantitative estimate of drug-likeness (QED) is 0.552. The first-order chi connectivity index (χ1) is 14.6. The summed E-state index contributed by atoms with van der Waals surface area (Å²) < 4.78 is 60.0. The highest BCUT2D eigenvalue weighted by molar-refractivity contribution is 5.77. The molecule has 0 radical (unpaired) electrons. The van der Waals surface area contributed by atoms with E-state index in [0.717, 1.165) is 10.8 Å². The van der Waals surface area contributed by atoms with E-state index >= 15 is 0 Å². The third-order valence-corrected chi connectivity index (χ3v) is 4.54. The number of aromatic nitrogens is 2. The predicted octanol–water partition coefficient (Wildman–Crippen LogP) is 3.81. The number of alkyl halides is 3. The number of carbonyl (C=O) groups is 1. The lowest BCUT2D eigenvalue weighted by Crippen LogP contribution is -2.47. The molecule has 0 aliphatic rings. The van der Waals surface area contributed by atoms with Gasteiger partial charge in [0.1, 0.15) is 17.3 Å². The van der Waals surface area contributed by atoms with Crippen molar-refractivity contribution in [1.29, 1.82) is 0 Å². The summed E-state index contributed by atoms with van der Waals surface area (Å²) >= 11 is 0. The highest BCUT2D eigenvalue weighted by atomic mass is 19.4. The molecule has 0 saturated heterocycles. The summed E-state index contributed by atoms with van der Waals surface area (Å²) in [5.41, 5.74) is -2.81. The highest BCUT2D eigenvalue weighted by Gasteiger charge is 2.58. The number of halogens is 4. The maximum atomic E-state index is 13.5. The van der Waals surface area contributed by atoms with Crippen molar-refractivity contribution in [2.75, 3.05) is 0 Å². The van der Waals surface area contributed by atoms with Crippen LogP contribution in [-0.4, -0.2) is 26.7 Å². The molecule has 2 N–H and O–H groups in total. The summed E-state index contributed by atoms with van der Waals surface area (Å²) in [6.45, 7) is -0.0514. The monoisotopic (exact) mass is 437 g/mol. The van der Waals surface area contributed by atoms with E-state index in [1.54, 1.807) is 24.3 Å². The second-order valence-electron chi connectivity index (χ2n) is 6.87. The van der Waals surface area contributed by atoms with E-state index in [0.29, 0.717) is 17.1 Å². The van der Waals surface area contributed by atoms with Crippen molar-refractivity contribution in [2.24, 2.45) is 7.05 Å². The summed E-state index contributed by atoms with van der Waals surface area (Å²) in [5, 5.41) is 12.6. The van der Waals surface area contributed by atoms with E-state index < -0.39 is 35.7 Å². The average Bonchev–Trinajstić information content (AvgIpc) is 3.15. The molecule has 0 bridgehead atoms. The molecule has 10 heteroatoms. The fourth-order valence-electron chi connectivity index (χ4n) is 2.88. The number of imidazole rings is 1. The van der Waals surface area contributed by atoms with Crippen LogP contribution in [0.1, 0.15) is 17.8 Å². The molecule has 6 nitrogen and oxygen atoms in total. The lowest BCUT2D eigenvalue weighted by molar-refractivity contribution is -0.271. The lowest BCUT2D eigenvalue weighted by atomic mass is 9.97. The van der Waals surface area contributed by atoms with E-state index in [-0.39, 0.29) is 6.54 Å². The zero-order valence-corrected chi connectivity index (χ0v) is 16.4. The Bertz CT molecular complexity index is 1030. The molecule has 0 spiro atoms. The van der Waals surface area contributed by atoms with Crippen LogP contribution in [0.2, 0.25) is 0 Å². The minimum atomic E-state index is -5.09. The summed E-state index contributed by atoms with van der Waals surface area (Å²) in [6, 6.07) is 11.9. The number of carbonyl (C=O) groups excluding carboxylic acids is 1. The number of aryl methyl sites for hydroxylation is 1. The molecule has 1 amide bonds. The van der Waals surface area contributed by atoms with Gasteiger partial charge in [0.05, 0.1) is 6.42 Å². The van der Waals surface area contributed by atoms with Crippen LogP contribution >= 0.6 is 0 Å². The minimum absolute atomic E-state index is 0.0514. The van der Waals surface area contributed by atoms with Gasteiger partial charge < -0.3 is 19.7 Å². The zero-order chi connectivity index (χ0) is 22.6. The summed E-state index contributed by atoms with van der Waals surface area (Å²) in [7, 11) is 1.30. The third-order valence-electron chi connectivity index (χ3n) is 4.54. The number of nitrogens with one attached hydrogen (secondary N) is 1. The molecule has 3 aromatic rings. The van der Waals surface area contributed by atoms with Crippen molar-refractivity contribution in [1.82, 2.24) is 14.9 Å². The van der Waals surface area contributed by atoms with Gasteiger partial charge in [-0.15, -0.1) is 0 Å². The molecule has 31 heavy (non-hydrogen) atoms. The van der Waals surface area contributed by atoms with Crippen LogP contribution < -0.4 is 10.1 Å². The van der Waals surface area contributed by atoms with Gasteiger partial charge >= 0.3 is 6.18 Å². The van der Waals surface area contributed by atoms with Gasteiger partial charge in [-0.05, 0) is 42.0 Å². The zero-order valence-electron chi connectivity index (χ0n) is 16.4. The van der Waals surface area contributed by atoms with E-state index in [9.17, 15) is 27.5 Å². The van der Waals surface area contributed by atoms with Crippen molar-refractivity contribution in [3.05, 3.63) is 78.1 Å². The second kappa shape index (κ2) is 8.76. The van der Waals surface area contributed by atoms with Gasteiger partial charge in [0.2, 0.25) is 11.5 Å². The molecule has 1 heterocycles. The smallest absolute Gasteiger partial charge is 0.425 e. The standard InChI is InChI=1S/C21H19F4N3O3/c1-28-11-10-26-19(28)20(30,21(23,24)25)12-18(29)27-13-14-2-6-16(7-3-14)31-17-8-4-15(22)5-9-17/h2-11,30H,12-13H2,1H3,(H,27,29). The van der Waals surface area contributed by atoms with Crippen molar-refractivity contribution in [3.63, 3.8) is 0 Å². The maximum absolute atomic E-state index is 13.5. The van der Waals surface area contributed by atoms with Crippen LogP contribution in [0.3, 0.4) is 0 Å². The molecular weight excluding hydrogens is 418 g/mol. The van der Waals surface area contributed by atoms with Crippen molar-refractivity contribution >= 4 is 5.91 Å². The first-order valence-electron chi connectivity index (χ1n) is 9.14. The number of benzene rings is 2. The van der Waals surface area contributed by atoms with Crippen molar-refractivity contribution in [3.8, 4) is 11.5 Å². The van der Waals surface area contributed by atoms with Gasteiger partial charge in [-0.1, -0.05) is 12.1 Å². The molecular formula is C21H19F4N3O3. The average molecular weight is 437 g/mol. The van der Waals surface area contributed by atoms with Gasteiger partial charge in [-0.3, -0.25) is 4.79 Å². The number of amides is 1. The fourth-order valence-corrected chi connectivity index (χ4v) is 2.88. The van der Waals surface area contributed by atoms with Gasteiger partial charge in [-0.25, -0.2) is 9.37 Å². The number of hydrogen-bond acceptors (Lipinski definition) is 4. The largest absolute Gasteiger partial charge is 0.457 e. The molecule has 164 valence electrons. The highest BCUT2D eigenvalue weighted by Crippen LogP contribution is 2.40. The molecule has 0 fully saturated rings. The molecule has 1 aromatic heterocycles. The number of nitrogens with zero attached hydrogens (tertiary/aromatic N) is 2. The van der Waals surface area contributed by atoms with Crippen molar-refractivity contribution in [2.45, 2.75) is 24.7 Å². The minimum Gasteiger partial charge on any atom is -0.457 e. The Morgan fingerprint density at radius 2 is 1.68 bits per heavy atom. The van der Waals surface area contributed by atoms with Crippen LogP contribution in [0.15, 0.2) is 60.9 Å². The normalized spacial score (nSPS) is 13.5. The first-order valence-corrected chi connectivity index (χ1v) is 9.14. The SMILES string of the molecule is Cn1ccnc1C(O)(CC(=O)NCc1ccc(Oc2ccc(F)cc2)cc1)C(F)(F)F. The van der Waals surface area contributed by atoms with Crippen LogP contribution in [0, 0.1) is 5.82 Å². The Hall–Kier alpha value is -3.40. The number of rotatable bonds is 7. The Morgan fingerprint density at radius 3 is 2.19 bits per heavy atom. The van der Waals surface area contributed by atoms with Gasteiger partial charge in [0.15, 0.2) is 5.82 Å². The Labute approximate surface area is 175 Å². The van der Waals surface area contributed by atoms with E-state index in [1.807, 2.05) is 0 Å². The summed E-state index contributed by atoms with van der Waals surface area (Å²) in [4.78, 5) is 15.7. The number of aliphatic hydroxyl groups is 1. The van der Waals surface area contributed by atoms with Crippen LogP contribution in [-0.2, 0) is 24.0 Å². The van der Waals surface area contributed by atoms with E-state index in [1.165, 1.54) is 37.5 Å². The summed E-state index contributed by atoms with van der Waals surface area (Å²) in [6.07, 6.45) is -3.96. The Balaban J connectivity index is 1.61. The topological polar surface area (TPSA) is 76.4 Å². The predicted molar refractivity (Wildman–Crippen MR) is 103 cm³/mol. The van der Waals surface area contributed by atoms with E-state index in [4.69, 9.17) is 4.74 Å². The lowest BCUT2D eigenvalue weighted by Gasteiger charge is -2.29. The van der Waals surface area contributed by atoms with Crippen molar-refractivity contribution < 1.29 is 32.2 Å². The maximum Gasteiger partial charge on any atom is 0.425 e. The molecule has 1 atom stereocenters. The van der Waals surface area contributed by atoms with Gasteiger partial charge in [0.25, 0.3) is 0 Å². The first kappa shape index (κ1) is 22.3. The molecule has 0 aliphatic carbocycles. The van der Waals surface area contributed by atoms with Crippen LogP contribution in [0.5, 0.6) is 11.5 Å². The van der Waals surface area contributed by atoms with Gasteiger partial charge in [-0.2, -0.15) is 13.2 Å². The molecule has 0 saturated carbocycles. The second-order valence-corrected chi connectivity index (χ2v) is 6.87. The van der Waals surface area contributed by atoms with E-state index in [2.05, 4.69) is 10.3 Å². The summed E-state index contributed by atoms with van der Waals surface area (Å²) in [5.74, 6) is -1.16. The third kappa shape index (κ3) is 5.21. The number of ether oxygens (including phenoxy) is 1. The molecule has 1 unspecified atom stereocenters. The molecule has 3 rings (SSSR count).